The van der Waals surface area contributed by atoms with Gasteiger partial charge in [-0.1, -0.05) is 145 Å². The molecule has 5 N–H and O–H groups in total. The highest BCUT2D eigenvalue weighted by Gasteiger charge is 2.26. The first-order valence-corrected chi connectivity index (χ1v) is 22.1. The summed E-state index contributed by atoms with van der Waals surface area (Å²) in [6.07, 6.45) is 49.4. The van der Waals surface area contributed by atoms with Crippen molar-refractivity contribution in [2.45, 2.75) is 174 Å². The molecule has 0 fully saturated rings. The Hall–Kier alpha value is -2.06. The number of carbonyl (C=O) groups is 1. The van der Waals surface area contributed by atoms with Crippen molar-refractivity contribution >= 4 is 13.7 Å². The molecule has 0 saturated heterocycles. The van der Waals surface area contributed by atoms with Gasteiger partial charge in [-0.15, -0.1) is 0 Å². The van der Waals surface area contributed by atoms with E-state index in [-0.39, 0.29) is 25.7 Å². The molecule has 0 aliphatic rings. The lowest BCUT2D eigenvalue weighted by Gasteiger charge is -2.23. The molecule has 0 aromatic carbocycles. The Bertz CT molecular complexity index is 1040. The number of nitrogens with two attached hydrogens (primary N) is 1. The van der Waals surface area contributed by atoms with Crippen molar-refractivity contribution in [3.05, 3.63) is 72.9 Å². The van der Waals surface area contributed by atoms with Gasteiger partial charge in [-0.25, -0.2) is 4.57 Å². The number of rotatable bonds is 37. The monoisotopic (exact) mass is 749 g/mol. The summed E-state index contributed by atoms with van der Waals surface area (Å²) in [4.78, 5) is 22.6. The van der Waals surface area contributed by atoms with Gasteiger partial charge in [0.25, 0.3) is 0 Å². The van der Waals surface area contributed by atoms with Crippen molar-refractivity contribution in [3.63, 3.8) is 0 Å². The number of aliphatic hydroxyl groups is 1. The van der Waals surface area contributed by atoms with Crippen LogP contribution in [0.25, 0.3) is 0 Å². The molecular weight excluding hydrogens is 671 g/mol. The fourth-order valence-electron chi connectivity index (χ4n) is 5.34. The van der Waals surface area contributed by atoms with Crippen molar-refractivity contribution in [2.24, 2.45) is 5.73 Å². The van der Waals surface area contributed by atoms with Crippen molar-refractivity contribution in [1.82, 2.24) is 5.32 Å². The molecule has 0 aromatic rings. The highest BCUT2D eigenvalue weighted by molar-refractivity contribution is 7.47. The standard InChI is InChI=1S/C43H77N2O6P/c1-3-5-7-9-11-13-15-17-19-20-21-22-23-25-27-29-31-33-35-37-43(47)45-41(40-51-52(48,49)50-39-38-44)42(46)36-34-32-30-28-26-24-18-16-14-12-10-8-6-4-2/h11,13-14,16-17,19,21-22,26,28,34,36,41-42,46H,3-10,12,15,18,20,23-25,27,29-33,35,37-40,44H2,1-2H3,(H,45,47)(H,48,49)/b13-11-,16-14+,19-17-,22-21-,28-26+,36-34+. The number of hydrogen-bond acceptors (Lipinski definition) is 6. The number of phosphoric ester groups is 1. The average molecular weight is 749 g/mol. The van der Waals surface area contributed by atoms with E-state index in [1.165, 1.54) is 64.2 Å². The fourth-order valence-corrected chi connectivity index (χ4v) is 6.10. The molecule has 0 saturated carbocycles. The van der Waals surface area contributed by atoms with Gasteiger partial charge in [0.05, 0.1) is 25.4 Å². The SMILES string of the molecule is CCCCC/C=C\C/C=C\C/C=C\CCCCCCCCC(=O)NC(COP(=O)(O)OCCN)C(O)/C=C/CC/C=C/CC/C=C/CCCCCC. The minimum atomic E-state index is -4.35. The van der Waals surface area contributed by atoms with Crippen molar-refractivity contribution in [2.75, 3.05) is 19.8 Å². The number of allylic oxidation sites excluding steroid dienone is 11. The van der Waals surface area contributed by atoms with E-state index < -0.39 is 20.0 Å². The first-order chi connectivity index (χ1) is 25.4. The molecule has 0 spiro atoms. The number of amides is 1. The minimum absolute atomic E-state index is 0.0658. The molecule has 0 aromatic heterocycles. The molecule has 0 bridgehead atoms. The van der Waals surface area contributed by atoms with Crippen LogP contribution < -0.4 is 11.1 Å². The Morgan fingerprint density at radius 3 is 1.65 bits per heavy atom. The van der Waals surface area contributed by atoms with Crippen LogP contribution in [-0.2, 0) is 18.4 Å². The van der Waals surface area contributed by atoms with Crippen LogP contribution in [0.5, 0.6) is 0 Å². The fraction of sp³-hybridized carbons (Fsp3) is 0.698. The van der Waals surface area contributed by atoms with E-state index in [0.717, 1.165) is 77.0 Å². The molecule has 9 heteroatoms. The molecule has 300 valence electrons. The summed E-state index contributed by atoms with van der Waals surface area (Å²) in [6.45, 7) is 4.02. The van der Waals surface area contributed by atoms with Gasteiger partial charge in [0.2, 0.25) is 5.91 Å². The summed E-state index contributed by atoms with van der Waals surface area (Å²) in [7, 11) is -4.35. The predicted octanol–water partition coefficient (Wildman–Crippen LogP) is 11.3. The van der Waals surface area contributed by atoms with E-state index in [9.17, 15) is 19.4 Å². The Balaban J connectivity index is 4.36. The van der Waals surface area contributed by atoms with Gasteiger partial charge in [0.1, 0.15) is 0 Å². The smallest absolute Gasteiger partial charge is 0.387 e. The summed E-state index contributed by atoms with van der Waals surface area (Å²) in [6, 6.07) is -0.893. The second-order valence-electron chi connectivity index (χ2n) is 13.5. The van der Waals surface area contributed by atoms with E-state index in [4.69, 9.17) is 14.8 Å². The van der Waals surface area contributed by atoms with Crippen LogP contribution in [-0.4, -0.2) is 47.8 Å². The number of nitrogens with one attached hydrogen (secondary N) is 1. The van der Waals surface area contributed by atoms with E-state index in [1.54, 1.807) is 6.08 Å². The molecule has 0 radical (unpaired) electrons. The molecule has 1 amide bonds. The minimum Gasteiger partial charge on any atom is -0.387 e. The zero-order valence-electron chi connectivity index (χ0n) is 33.0. The summed E-state index contributed by atoms with van der Waals surface area (Å²) in [5, 5.41) is 13.6. The maximum atomic E-state index is 12.7. The van der Waals surface area contributed by atoms with Crippen LogP contribution in [0.1, 0.15) is 162 Å². The first kappa shape index (κ1) is 49.9. The van der Waals surface area contributed by atoms with Crippen LogP contribution in [0.4, 0.5) is 0 Å². The van der Waals surface area contributed by atoms with Gasteiger partial charge < -0.3 is 21.1 Å². The molecular formula is C43H77N2O6P. The summed E-state index contributed by atoms with van der Waals surface area (Å²) >= 11 is 0. The van der Waals surface area contributed by atoms with E-state index >= 15 is 0 Å². The lowest BCUT2D eigenvalue weighted by Crippen LogP contribution is -2.45. The Labute approximate surface area is 318 Å². The van der Waals surface area contributed by atoms with Crippen LogP contribution in [0, 0.1) is 0 Å². The average Bonchev–Trinajstić information content (AvgIpc) is 3.13. The maximum Gasteiger partial charge on any atom is 0.472 e. The Morgan fingerprint density at radius 1 is 0.635 bits per heavy atom. The highest BCUT2D eigenvalue weighted by atomic mass is 31.2. The van der Waals surface area contributed by atoms with E-state index in [0.29, 0.717) is 6.42 Å². The van der Waals surface area contributed by atoms with Gasteiger partial charge in [-0.2, -0.15) is 0 Å². The van der Waals surface area contributed by atoms with Crippen molar-refractivity contribution in [1.29, 1.82) is 0 Å². The van der Waals surface area contributed by atoms with E-state index in [2.05, 4.69) is 79.9 Å². The van der Waals surface area contributed by atoms with Gasteiger partial charge in [-0.05, 0) is 83.5 Å². The molecule has 8 nitrogen and oxygen atoms in total. The molecule has 3 atom stereocenters. The third kappa shape index (κ3) is 36.3. The second-order valence-corrected chi connectivity index (χ2v) is 14.9. The molecule has 0 heterocycles. The zero-order valence-corrected chi connectivity index (χ0v) is 33.9. The van der Waals surface area contributed by atoms with E-state index in [1.807, 2.05) is 6.08 Å². The number of aliphatic hydroxyl groups excluding tert-OH is 1. The number of hydrogen-bond donors (Lipinski definition) is 4. The summed E-state index contributed by atoms with van der Waals surface area (Å²) in [5.74, 6) is -0.225. The van der Waals surface area contributed by atoms with Gasteiger partial charge in [0.15, 0.2) is 0 Å². The quantitative estimate of drug-likeness (QED) is 0.0282. The number of carbonyl (C=O) groups excluding carboxylic acids is 1. The van der Waals surface area contributed by atoms with Crippen LogP contribution >= 0.6 is 7.82 Å². The topological polar surface area (TPSA) is 131 Å². The molecule has 0 aliphatic heterocycles. The van der Waals surface area contributed by atoms with Crippen LogP contribution in [0.15, 0.2) is 72.9 Å². The predicted molar refractivity (Wildman–Crippen MR) is 221 cm³/mol. The van der Waals surface area contributed by atoms with Crippen LogP contribution in [0.2, 0.25) is 0 Å². The highest BCUT2D eigenvalue weighted by Crippen LogP contribution is 2.43. The lowest BCUT2D eigenvalue weighted by molar-refractivity contribution is -0.123. The summed E-state index contributed by atoms with van der Waals surface area (Å²) < 4.78 is 22.1. The van der Waals surface area contributed by atoms with Crippen LogP contribution in [0.3, 0.4) is 0 Å². The van der Waals surface area contributed by atoms with Gasteiger partial charge in [0, 0.05) is 13.0 Å². The largest absolute Gasteiger partial charge is 0.472 e. The van der Waals surface area contributed by atoms with Crippen molar-refractivity contribution < 1.29 is 28.4 Å². The zero-order chi connectivity index (χ0) is 38.2. The number of phosphoric acid groups is 1. The molecule has 0 aliphatic carbocycles. The third-order valence-electron chi connectivity index (χ3n) is 8.48. The Morgan fingerprint density at radius 2 is 1.08 bits per heavy atom. The van der Waals surface area contributed by atoms with Crippen molar-refractivity contribution in [3.8, 4) is 0 Å². The molecule has 52 heavy (non-hydrogen) atoms. The molecule has 3 unspecified atom stereocenters. The summed E-state index contributed by atoms with van der Waals surface area (Å²) in [5.41, 5.74) is 5.36. The maximum absolute atomic E-state index is 12.7. The van der Waals surface area contributed by atoms with Gasteiger partial charge >= 0.3 is 7.82 Å². The lowest BCUT2D eigenvalue weighted by atomic mass is 10.1. The number of unbranched alkanes of at least 4 members (excludes halogenated alkanes) is 15. The Kier molecular flexibility index (Phi) is 37.1. The second kappa shape index (κ2) is 38.7. The molecule has 0 rings (SSSR count). The van der Waals surface area contributed by atoms with Gasteiger partial charge in [-0.3, -0.25) is 13.8 Å². The third-order valence-corrected chi connectivity index (χ3v) is 9.47. The first-order valence-electron chi connectivity index (χ1n) is 20.6. The normalized spacial score (nSPS) is 14.9.